The normalized spacial score (nSPS) is 20.5. The van der Waals surface area contributed by atoms with Crippen molar-refractivity contribution in [1.82, 2.24) is 19.7 Å². The number of carbonyl (C=O) groups is 1. The van der Waals surface area contributed by atoms with Gasteiger partial charge in [-0.1, -0.05) is 0 Å². The SMILES string of the molecule is NS(=O)(=O)OC[C@H]1C[C@@H](Nc2ncncc2C(=O)c2ccn(Cc3ccc(C(F)(F)F)o3)n2)C[C@@H]1O. The molecule has 12 nitrogen and oxygen atoms in total. The molecule has 1 saturated carbocycles. The van der Waals surface area contributed by atoms with Gasteiger partial charge in [-0.2, -0.15) is 26.7 Å². The predicted molar refractivity (Wildman–Crippen MR) is 116 cm³/mol. The molecule has 1 aliphatic carbocycles. The van der Waals surface area contributed by atoms with Gasteiger partial charge in [-0.3, -0.25) is 13.7 Å². The Bertz CT molecular complexity index is 1340. The average Bonchev–Trinajstić information content (AvgIpc) is 3.52. The van der Waals surface area contributed by atoms with Crippen molar-refractivity contribution in [2.45, 2.75) is 37.7 Å². The molecular weight excluding hydrogens is 509 g/mol. The number of halogens is 3. The Hall–Kier alpha value is -3.34. The number of aliphatic hydroxyl groups is 1. The summed E-state index contributed by atoms with van der Waals surface area (Å²) in [4.78, 5) is 21.0. The van der Waals surface area contributed by atoms with Crippen LogP contribution in [0.25, 0.3) is 0 Å². The zero-order valence-corrected chi connectivity index (χ0v) is 19.2. The molecule has 0 spiro atoms. The molecule has 1 fully saturated rings. The Morgan fingerprint density at radius 1 is 1.31 bits per heavy atom. The van der Waals surface area contributed by atoms with Crippen molar-refractivity contribution in [2.24, 2.45) is 11.1 Å². The van der Waals surface area contributed by atoms with Crippen LogP contribution in [0.3, 0.4) is 0 Å². The lowest BCUT2D eigenvalue weighted by Gasteiger charge is -2.15. The molecule has 16 heteroatoms. The van der Waals surface area contributed by atoms with E-state index in [0.717, 1.165) is 6.07 Å². The van der Waals surface area contributed by atoms with Crippen molar-refractivity contribution >= 4 is 21.9 Å². The van der Waals surface area contributed by atoms with Crippen LogP contribution in [-0.2, 0) is 27.2 Å². The Kier molecular flexibility index (Phi) is 7.12. The number of aromatic nitrogens is 4. The number of nitrogens with two attached hydrogens (primary N) is 1. The highest BCUT2D eigenvalue weighted by Gasteiger charge is 2.36. The molecule has 36 heavy (non-hydrogen) atoms. The third-order valence-corrected chi connectivity index (χ3v) is 6.00. The first-order valence-corrected chi connectivity index (χ1v) is 12.0. The zero-order chi connectivity index (χ0) is 26.1. The van der Waals surface area contributed by atoms with E-state index in [2.05, 4.69) is 24.6 Å². The zero-order valence-electron chi connectivity index (χ0n) is 18.4. The Balaban J connectivity index is 1.43. The van der Waals surface area contributed by atoms with E-state index < -0.39 is 40.0 Å². The highest BCUT2D eigenvalue weighted by atomic mass is 32.2. The minimum absolute atomic E-state index is 0.00124. The van der Waals surface area contributed by atoms with Crippen LogP contribution < -0.4 is 10.5 Å². The van der Waals surface area contributed by atoms with E-state index in [-0.39, 0.29) is 48.4 Å². The smallest absolute Gasteiger partial charge is 0.449 e. The van der Waals surface area contributed by atoms with Gasteiger partial charge < -0.3 is 14.8 Å². The van der Waals surface area contributed by atoms with E-state index >= 15 is 0 Å². The van der Waals surface area contributed by atoms with Gasteiger partial charge in [0.2, 0.25) is 11.5 Å². The van der Waals surface area contributed by atoms with Crippen LogP contribution in [-0.4, -0.2) is 57.8 Å². The summed E-state index contributed by atoms with van der Waals surface area (Å²) >= 11 is 0. The van der Waals surface area contributed by atoms with Crippen molar-refractivity contribution in [3.8, 4) is 0 Å². The first-order chi connectivity index (χ1) is 16.9. The number of nitrogens with zero attached hydrogens (tertiary/aromatic N) is 4. The minimum atomic E-state index is -4.61. The molecular formula is C20H21F3N6O6S. The number of carbonyl (C=O) groups excluding carboxylic acids is 1. The van der Waals surface area contributed by atoms with Gasteiger partial charge in [0.25, 0.3) is 0 Å². The number of furan rings is 1. The van der Waals surface area contributed by atoms with Crippen molar-refractivity contribution < 1.29 is 40.1 Å². The lowest BCUT2D eigenvalue weighted by molar-refractivity contribution is -0.153. The van der Waals surface area contributed by atoms with Crippen molar-refractivity contribution in [3.63, 3.8) is 0 Å². The maximum Gasteiger partial charge on any atom is 0.449 e. The maximum atomic E-state index is 13.1. The van der Waals surface area contributed by atoms with E-state index in [4.69, 9.17) is 9.56 Å². The molecule has 4 N–H and O–H groups in total. The molecule has 1 aliphatic rings. The van der Waals surface area contributed by atoms with Gasteiger partial charge in [0.15, 0.2) is 0 Å². The van der Waals surface area contributed by atoms with Gasteiger partial charge in [-0.15, -0.1) is 0 Å². The van der Waals surface area contributed by atoms with Gasteiger partial charge in [0, 0.05) is 24.4 Å². The van der Waals surface area contributed by atoms with Gasteiger partial charge in [0.05, 0.1) is 24.8 Å². The quantitative estimate of drug-likeness (QED) is 0.342. The monoisotopic (exact) mass is 530 g/mol. The molecule has 194 valence electrons. The maximum absolute atomic E-state index is 13.1. The molecule has 0 radical (unpaired) electrons. The third-order valence-electron chi connectivity index (χ3n) is 5.53. The van der Waals surface area contributed by atoms with E-state index in [9.17, 15) is 31.5 Å². The third kappa shape index (κ3) is 6.26. The molecule has 0 unspecified atom stereocenters. The summed E-state index contributed by atoms with van der Waals surface area (Å²) in [5.74, 6) is -1.99. The molecule has 3 heterocycles. The average molecular weight is 530 g/mol. The van der Waals surface area contributed by atoms with Gasteiger partial charge >= 0.3 is 16.5 Å². The van der Waals surface area contributed by atoms with E-state index in [1.807, 2.05) is 0 Å². The number of hydrogen-bond donors (Lipinski definition) is 3. The predicted octanol–water partition coefficient (Wildman–Crippen LogP) is 1.34. The number of alkyl halides is 3. The van der Waals surface area contributed by atoms with Gasteiger partial charge in [-0.25, -0.2) is 15.1 Å². The van der Waals surface area contributed by atoms with Gasteiger partial charge in [0.1, 0.15) is 23.6 Å². The summed E-state index contributed by atoms with van der Waals surface area (Å²) in [5.41, 5.74) is 0.0835. The fourth-order valence-electron chi connectivity index (χ4n) is 3.87. The molecule has 3 atom stereocenters. The topological polar surface area (TPSA) is 175 Å². The second-order valence-corrected chi connectivity index (χ2v) is 9.42. The van der Waals surface area contributed by atoms with Crippen LogP contribution in [0, 0.1) is 5.92 Å². The largest absolute Gasteiger partial charge is 0.455 e. The fraction of sp³-hybridized carbons (Fsp3) is 0.400. The lowest BCUT2D eigenvalue weighted by Crippen LogP contribution is -2.24. The van der Waals surface area contributed by atoms with Crippen LogP contribution in [0.4, 0.5) is 19.0 Å². The van der Waals surface area contributed by atoms with Crippen LogP contribution in [0.1, 0.15) is 40.4 Å². The molecule has 0 aromatic carbocycles. The Labute approximate surface area is 202 Å². The van der Waals surface area contributed by atoms with Crippen molar-refractivity contribution in [3.05, 3.63) is 59.7 Å². The summed E-state index contributed by atoms with van der Waals surface area (Å²) in [6, 6.07) is 3.04. The lowest BCUT2D eigenvalue weighted by atomic mass is 10.1. The summed E-state index contributed by atoms with van der Waals surface area (Å²) in [6.07, 6.45) is -0.972. The highest BCUT2D eigenvalue weighted by molar-refractivity contribution is 7.84. The molecule has 0 bridgehead atoms. The van der Waals surface area contributed by atoms with Crippen LogP contribution >= 0.6 is 0 Å². The highest BCUT2D eigenvalue weighted by Crippen LogP contribution is 2.31. The number of rotatable bonds is 9. The summed E-state index contributed by atoms with van der Waals surface area (Å²) in [7, 11) is -4.15. The van der Waals surface area contributed by atoms with E-state index in [0.29, 0.717) is 6.42 Å². The number of aliphatic hydroxyl groups excluding tert-OH is 1. The number of nitrogens with one attached hydrogen (secondary N) is 1. The van der Waals surface area contributed by atoms with E-state index in [1.54, 1.807) is 0 Å². The second-order valence-electron chi connectivity index (χ2n) is 8.19. The molecule has 3 aromatic heterocycles. The Morgan fingerprint density at radius 3 is 2.78 bits per heavy atom. The first kappa shape index (κ1) is 25.7. The van der Waals surface area contributed by atoms with Crippen molar-refractivity contribution in [1.29, 1.82) is 0 Å². The summed E-state index contributed by atoms with van der Waals surface area (Å²) in [5, 5.41) is 22.2. The molecule has 3 aromatic rings. The summed E-state index contributed by atoms with van der Waals surface area (Å²) in [6.45, 7) is -0.410. The number of ketones is 1. The fourth-order valence-corrected chi connectivity index (χ4v) is 4.23. The molecule has 4 rings (SSSR count). The van der Waals surface area contributed by atoms with Crippen molar-refractivity contribution in [2.75, 3.05) is 11.9 Å². The standard InChI is InChI=1S/C20H21F3N6O6S/c21-20(22,23)17-2-1-13(35-17)8-29-4-3-15(28-29)18(31)14-7-25-10-26-19(14)27-12-5-11(16(30)6-12)9-34-36(24,32)33/h1-4,7,10-12,16,30H,5-6,8-9H2,(H2,24,32,33)(H,25,26,27)/t11-,12-,16+/m1/s1. The van der Waals surface area contributed by atoms with Crippen LogP contribution in [0.15, 0.2) is 41.3 Å². The molecule has 0 amide bonds. The number of anilines is 1. The number of hydrogen-bond acceptors (Lipinski definition) is 10. The molecule has 0 aliphatic heterocycles. The van der Waals surface area contributed by atoms with Gasteiger partial charge in [-0.05, 0) is 31.0 Å². The first-order valence-electron chi connectivity index (χ1n) is 10.5. The van der Waals surface area contributed by atoms with Crippen LogP contribution in [0.2, 0.25) is 0 Å². The Morgan fingerprint density at radius 2 is 2.08 bits per heavy atom. The molecule has 0 saturated heterocycles. The minimum Gasteiger partial charge on any atom is -0.455 e. The van der Waals surface area contributed by atoms with Crippen LogP contribution in [0.5, 0.6) is 0 Å². The summed E-state index contributed by atoms with van der Waals surface area (Å²) < 4.78 is 70.8. The second kappa shape index (κ2) is 9.96. The van der Waals surface area contributed by atoms with E-state index in [1.165, 1.54) is 35.5 Å².